The van der Waals surface area contributed by atoms with Crippen molar-refractivity contribution >= 4 is 17.6 Å². The average molecular weight is 423 g/mol. The number of halogens is 1. The lowest BCUT2D eigenvalue weighted by atomic mass is 10.0. The number of nitrogens with one attached hydrogen (secondary N) is 1. The van der Waals surface area contributed by atoms with Crippen LogP contribution in [0.3, 0.4) is 0 Å². The van der Waals surface area contributed by atoms with Crippen molar-refractivity contribution in [2.24, 2.45) is 22.4 Å². The lowest BCUT2D eigenvalue weighted by Crippen LogP contribution is -2.43. The fourth-order valence-electron chi connectivity index (χ4n) is 4.31. The van der Waals surface area contributed by atoms with Crippen molar-refractivity contribution in [3.63, 3.8) is 0 Å². The van der Waals surface area contributed by atoms with Crippen molar-refractivity contribution in [3.05, 3.63) is 70.1 Å². The van der Waals surface area contributed by atoms with Gasteiger partial charge in [-0.2, -0.15) is 0 Å². The predicted molar refractivity (Wildman–Crippen MR) is 111 cm³/mol. The highest BCUT2D eigenvalue weighted by Gasteiger charge is 2.39. The molecule has 1 saturated carbocycles. The number of hydrogen-bond acceptors (Lipinski definition) is 6. The first-order valence-corrected chi connectivity index (χ1v) is 10.2. The summed E-state index contributed by atoms with van der Waals surface area (Å²) in [5.41, 5.74) is 14.7. The van der Waals surface area contributed by atoms with Crippen LogP contribution in [0.1, 0.15) is 35.2 Å². The third kappa shape index (κ3) is 3.35. The zero-order chi connectivity index (χ0) is 21.7. The predicted octanol–water partition coefficient (Wildman–Crippen LogP) is 1.25. The number of benzene rings is 1. The Morgan fingerprint density at radius 3 is 2.77 bits per heavy atom. The van der Waals surface area contributed by atoms with E-state index in [0.29, 0.717) is 30.2 Å². The molecule has 0 radical (unpaired) electrons. The second kappa shape index (κ2) is 7.26. The molecule has 0 aromatic heterocycles. The number of amides is 2. The second-order valence-corrected chi connectivity index (χ2v) is 8.11. The molecule has 160 valence electrons. The fourth-order valence-corrected chi connectivity index (χ4v) is 4.31. The molecule has 1 aliphatic carbocycles. The molecule has 9 heteroatoms. The van der Waals surface area contributed by atoms with Crippen LogP contribution >= 0.6 is 0 Å². The highest BCUT2D eigenvalue weighted by molar-refractivity contribution is 6.03. The molecule has 2 amide bonds. The summed E-state index contributed by atoms with van der Waals surface area (Å²) < 4.78 is 20.1. The summed E-state index contributed by atoms with van der Waals surface area (Å²) in [5.74, 6) is -1.08. The number of hydrogen-bond donors (Lipinski definition) is 3. The molecule has 4 aliphatic rings. The van der Waals surface area contributed by atoms with Gasteiger partial charge >= 0.3 is 0 Å². The van der Waals surface area contributed by atoms with Crippen LogP contribution in [0, 0.1) is 11.7 Å². The number of primary amides is 2. The Morgan fingerprint density at radius 1 is 1.29 bits per heavy atom. The number of aliphatic imine (C=N–C) groups is 1. The topological polar surface area (TPSA) is 123 Å². The zero-order valence-electron chi connectivity index (χ0n) is 16.7. The first-order valence-electron chi connectivity index (χ1n) is 10.2. The molecule has 1 aromatic rings. The third-order valence-electron chi connectivity index (χ3n) is 6.02. The third-order valence-corrected chi connectivity index (χ3v) is 6.02. The second-order valence-electron chi connectivity index (χ2n) is 8.11. The molecular formula is C22H22FN5O3. The van der Waals surface area contributed by atoms with Crippen LogP contribution in [-0.2, 0) is 9.53 Å². The molecule has 31 heavy (non-hydrogen) atoms. The van der Waals surface area contributed by atoms with Crippen LogP contribution in [0.25, 0.3) is 0 Å². The number of rotatable bonds is 6. The maximum atomic E-state index is 14.4. The summed E-state index contributed by atoms with van der Waals surface area (Å²) >= 11 is 0. The van der Waals surface area contributed by atoms with Crippen molar-refractivity contribution in [1.82, 2.24) is 10.2 Å². The maximum Gasteiger partial charge on any atom is 0.251 e. The van der Waals surface area contributed by atoms with E-state index in [-0.39, 0.29) is 11.5 Å². The van der Waals surface area contributed by atoms with E-state index < -0.39 is 23.7 Å². The monoisotopic (exact) mass is 423 g/mol. The van der Waals surface area contributed by atoms with Crippen molar-refractivity contribution < 1.29 is 18.7 Å². The molecule has 3 heterocycles. The van der Waals surface area contributed by atoms with E-state index in [1.165, 1.54) is 12.1 Å². The van der Waals surface area contributed by atoms with Crippen LogP contribution < -0.4 is 16.8 Å². The Morgan fingerprint density at radius 2 is 2.10 bits per heavy atom. The SMILES string of the molecule is NC(=O)c1ccc(C2=NC=C3C(NC(C(N)=O)C4CC4)=COCC4=C3N2CC4)cc1F. The summed E-state index contributed by atoms with van der Waals surface area (Å²) in [6.07, 6.45) is 6.01. The molecule has 8 nitrogen and oxygen atoms in total. The number of amidine groups is 1. The lowest BCUT2D eigenvalue weighted by Gasteiger charge is -2.30. The largest absolute Gasteiger partial charge is 0.495 e. The van der Waals surface area contributed by atoms with E-state index >= 15 is 0 Å². The van der Waals surface area contributed by atoms with Crippen LogP contribution in [-0.4, -0.2) is 41.7 Å². The molecule has 3 aliphatic heterocycles. The van der Waals surface area contributed by atoms with E-state index in [4.69, 9.17) is 16.2 Å². The Bertz CT molecular complexity index is 1120. The number of carbonyl (C=O) groups excluding carboxylic acids is 2. The summed E-state index contributed by atoms with van der Waals surface area (Å²) in [6.45, 7) is 1.08. The maximum absolute atomic E-state index is 14.4. The zero-order valence-corrected chi connectivity index (χ0v) is 16.7. The minimum Gasteiger partial charge on any atom is -0.495 e. The Balaban J connectivity index is 1.52. The quantitative estimate of drug-likeness (QED) is 0.636. The molecule has 1 fully saturated rings. The van der Waals surface area contributed by atoms with Crippen molar-refractivity contribution in [1.29, 1.82) is 0 Å². The van der Waals surface area contributed by atoms with Gasteiger partial charge in [0.2, 0.25) is 5.91 Å². The van der Waals surface area contributed by atoms with Crippen LogP contribution in [0.15, 0.2) is 58.2 Å². The van der Waals surface area contributed by atoms with Gasteiger partial charge in [0.15, 0.2) is 0 Å². The lowest BCUT2D eigenvalue weighted by molar-refractivity contribution is -0.120. The van der Waals surface area contributed by atoms with Gasteiger partial charge in [-0.05, 0) is 42.9 Å². The highest BCUT2D eigenvalue weighted by atomic mass is 19.1. The summed E-state index contributed by atoms with van der Waals surface area (Å²) in [6, 6.07) is 3.82. The molecule has 1 atom stereocenters. The van der Waals surface area contributed by atoms with E-state index in [0.717, 1.165) is 36.1 Å². The Hall–Kier alpha value is -3.62. The van der Waals surface area contributed by atoms with E-state index in [9.17, 15) is 14.0 Å². The van der Waals surface area contributed by atoms with Crippen molar-refractivity contribution in [2.75, 3.05) is 13.2 Å². The van der Waals surface area contributed by atoms with Gasteiger partial charge < -0.3 is 26.4 Å². The molecule has 1 aromatic carbocycles. The van der Waals surface area contributed by atoms with Crippen LogP contribution in [0.4, 0.5) is 4.39 Å². The van der Waals surface area contributed by atoms with Gasteiger partial charge in [0, 0.05) is 23.9 Å². The smallest absolute Gasteiger partial charge is 0.251 e. The standard InChI is InChI=1S/C22H22FN5O3/c23-16-7-12(3-4-14(16)20(24)29)22-26-8-15-17(27-18(21(25)30)11-1-2-11)10-31-9-13-5-6-28(22)19(13)15/h3-4,7-8,10-11,18,27H,1-2,5-6,9H2,(H2,24,29)(H2,25,30). The van der Waals surface area contributed by atoms with E-state index in [1.807, 2.05) is 4.90 Å². The number of nitrogens with zero attached hydrogens (tertiary/aromatic N) is 2. The molecule has 5 N–H and O–H groups in total. The van der Waals surface area contributed by atoms with Gasteiger partial charge in [-0.1, -0.05) is 6.07 Å². The van der Waals surface area contributed by atoms with Gasteiger partial charge in [-0.25, -0.2) is 9.38 Å². The van der Waals surface area contributed by atoms with Crippen molar-refractivity contribution in [3.8, 4) is 0 Å². The summed E-state index contributed by atoms with van der Waals surface area (Å²) in [5, 5.41) is 3.26. The average Bonchev–Trinajstić information content (AvgIpc) is 3.50. The minimum absolute atomic E-state index is 0.160. The first-order chi connectivity index (χ1) is 14.9. The van der Waals surface area contributed by atoms with Crippen LogP contribution in [0.5, 0.6) is 0 Å². The highest BCUT2D eigenvalue weighted by Crippen LogP contribution is 2.39. The molecule has 5 rings (SSSR count). The van der Waals surface area contributed by atoms with Gasteiger partial charge in [0.25, 0.3) is 5.91 Å². The minimum atomic E-state index is -0.815. The van der Waals surface area contributed by atoms with Crippen LogP contribution in [0.2, 0.25) is 0 Å². The molecular weight excluding hydrogens is 401 g/mol. The first kappa shape index (κ1) is 19.3. The fraction of sp³-hybridized carbons (Fsp3) is 0.318. The van der Waals surface area contributed by atoms with Gasteiger partial charge in [-0.15, -0.1) is 0 Å². The van der Waals surface area contributed by atoms with Crippen molar-refractivity contribution in [2.45, 2.75) is 25.3 Å². The molecule has 0 spiro atoms. The molecule has 0 saturated heterocycles. The number of nitrogens with two attached hydrogens (primary N) is 2. The normalized spacial score (nSPS) is 20.7. The van der Waals surface area contributed by atoms with Gasteiger partial charge in [0.1, 0.15) is 30.6 Å². The number of ether oxygens (including phenoxy) is 1. The summed E-state index contributed by atoms with van der Waals surface area (Å²) in [7, 11) is 0. The van der Waals surface area contributed by atoms with Gasteiger partial charge in [0.05, 0.1) is 17.0 Å². The summed E-state index contributed by atoms with van der Waals surface area (Å²) in [4.78, 5) is 29.9. The van der Waals surface area contributed by atoms with Gasteiger partial charge in [-0.3, -0.25) is 9.59 Å². The Kier molecular flexibility index (Phi) is 4.53. The number of carbonyl (C=O) groups is 2. The molecule has 0 bridgehead atoms. The molecule has 1 unspecified atom stereocenters. The van der Waals surface area contributed by atoms with E-state index in [1.54, 1.807) is 18.5 Å². The van der Waals surface area contributed by atoms with E-state index in [2.05, 4.69) is 10.3 Å². The Labute approximate surface area is 178 Å².